The zero-order valence-electron chi connectivity index (χ0n) is 32.2. The molecule has 11 N–H and O–H groups in total. The van der Waals surface area contributed by atoms with Crippen molar-refractivity contribution in [1.29, 1.82) is 0 Å². The van der Waals surface area contributed by atoms with Crippen LogP contribution < -0.4 is 9.47 Å². The first-order chi connectivity index (χ1) is 29.5. The molecule has 0 saturated carbocycles. The quantitative estimate of drug-likeness (QED) is 0.0455. The van der Waals surface area contributed by atoms with Crippen LogP contribution in [-0.4, -0.2) is 173 Å². The lowest BCUT2D eigenvalue weighted by Crippen LogP contribution is -2.62. The molecule has 3 fully saturated rings. The number of carbonyl (C=O) groups is 3. The number of ether oxygens (including phenoxy) is 7. The highest BCUT2D eigenvalue weighted by Gasteiger charge is 2.54. The van der Waals surface area contributed by atoms with E-state index < -0.39 is 123 Å². The van der Waals surface area contributed by atoms with Gasteiger partial charge in [0.1, 0.15) is 72.3 Å². The third-order valence-electron chi connectivity index (χ3n) is 10.1. The van der Waals surface area contributed by atoms with Crippen LogP contribution in [0.3, 0.4) is 0 Å². The number of aliphatic hydroxyl groups excluding tert-OH is 7. The predicted molar refractivity (Wildman–Crippen MR) is 205 cm³/mol. The van der Waals surface area contributed by atoms with Gasteiger partial charge in [0.05, 0.1) is 18.8 Å². The molecule has 0 spiro atoms. The van der Waals surface area contributed by atoms with Gasteiger partial charge < -0.3 is 89.3 Å². The van der Waals surface area contributed by atoms with E-state index in [1.807, 2.05) is 0 Å². The van der Waals surface area contributed by atoms with Gasteiger partial charge in [-0.1, -0.05) is 30.3 Å². The van der Waals surface area contributed by atoms with Gasteiger partial charge in [-0.15, -0.1) is 0 Å². The molecule has 3 aliphatic heterocycles. The smallest absolute Gasteiger partial charge is 0.335 e. The molecule has 3 aromatic carbocycles. The summed E-state index contributed by atoms with van der Waals surface area (Å²) in [6.07, 6.45) is -15.8. The molecule has 62 heavy (non-hydrogen) atoms. The van der Waals surface area contributed by atoms with E-state index in [1.54, 1.807) is 12.1 Å². The summed E-state index contributed by atoms with van der Waals surface area (Å²) in [5.41, 5.74) is -1.29. The van der Waals surface area contributed by atoms with Gasteiger partial charge in [0.15, 0.2) is 29.9 Å². The number of aliphatic carboxylic acids is 1. The Bertz CT molecular complexity index is 2090. The molecule has 6 rings (SSSR count). The van der Waals surface area contributed by atoms with Crippen molar-refractivity contribution in [2.45, 2.75) is 79.4 Å². The summed E-state index contributed by atoms with van der Waals surface area (Å²) in [5.74, 6) is -3.72. The Kier molecular flexibility index (Phi) is 14.6. The maximum Gasteiger partial charge on any atom is 0.335 e. The highest BCUT2D eigenvalue weighted by molar-refractivity contribution is 6.08. The molecular weight excluding hydrogens is 828 g/mol. The lowest BCUT2D eigenvalue weighted by atomic mass is 9.98. The number of esters is 1. The van der Waals surface area contributed by atoms with Crippen molar-refractivity contribution >= 4 is 29.9 Å². The van der Waals surface area contributed by atoms with Crippen molar-refractivity contribution in [2.24, 2.45) is 0 Å². The Morgan fingerprint density at radius 3 is 2.00 bits per heavy atom. The van der Waals surface area contributed by atoms with Crippen molar-refractivity contribution in [1.82, 2.24) is 0 Å². The number of carboxylic acid groups (broad SMARTS) is 1. The third kappa shape index (κ3) is 10.6. The van der Waals surface area contributed by atoms with E-state index in [0.29, 0.717) is 11.1 Å². The van der Waals surface area contributed by atoms with Crippen LogP contribution in [0.4, 0.5) is 0 Å². The van der Waals surface area contributed by atoms with Gasteiger partial charge in [-0.3, -0.25) is 4.79 Å². The van der Waals surface area contributed by atoms with Gasteiger partial charge >= 0.3 is 11.9 Å². The first kappa shape index (κ1) is 46.0. The molecule has 0 radical (unpaired) electrons. The van der Waals surface area contributed by atoms with Gasteiger partial charge in [-0.2, -0.15) is 0 Å². The van der Waals surface area contributed by atoms with Crippen LogP contribution in [0.15, 0.2) is 78.9 Å². The molecule has 0 amide bonds. The summed E-state index contributed by atoms with van der Waals surface area (Å²) in [5, 5.41) is 113. The molecule has 0 aromatic heterocycles. The summed E-state index contributed by atoms with van der Waals surface area (Å²) < 4.78 is 38.3. The highest BCUT2D eigenvalue weighted by Crippen LogP contribution is 2.33. The highest BCUT2D eigenvalue weighted by atomic mass is 16.8. The number of rotatable bonds is 15. The van der Waals surface area contributed by atoms with Crippen LogP contribution in [-0.2, 0) is 33.3 Å². The molecule has 0 aliphatic carbocycles. The number of allylic oxidation sites excluding steroid dienone is 1. The van der Waals surface area contributed by atoms with Crippen LogP contribution in [0.5, 0.6) is 23.0 Å². The number of carboxylic acids is 1. The number of hydrogen-bond acceptors (Lipinski definition) is 20. The van der Waals surface area contributed by atoms with E-state index in [1.165, 1.54) is 60.7 Å². The van der Waals surface area contributed by atoms with Crippen LogP contribution in [0.2, 0.25) is 0 Å². The minimum atomic E-state index is -2.15. The number of phenolic OH excluding ortho intramolecular Hbond substituents is 2. The molecular formula is C41H44O21. The molecule has 3 saturated heterocycles. The van der Waals surface area contributed by atoms with Gasteiger partial charge in [-0.05, 0) is 59.7 Å². The van der Waals surface area contributed by atoms with Gasteiger partial charge in [0.2, 0.25) is 12.6 Å². The van der Waals surface area contributed by atoms with E-state index in [0.717, 1.165) is 18.2 Å². The standard InChI is InChI=1S/C41H44O21/c42-16-27-29(47)31(49)35(62-40-36(52)41(55,18-57-40)17-56-28(46)14-6-19-1-7-21(43)8-2-19)39(60-27)58-22-9-3-20(4-10-22)5-13-25(44)24-12-11-23(15-26(24)45)59-38-33(51)30(48)32(50)34(61-38)37(53)54/h1-15,27,29-36,38-40,42-43,45,47-52,55H,16-18H2,(H,53,54)/b13-5?,14-6+. The van der Waals surface area contributed by atoms with Gasteiger partial charge in [0.25, 0.3) is 0 Å². The van der Waals surface area contributed by atoms with E-state index >= 15 is 0 Å². The molecule has 13 unspecified atom stereocenters. The minimum Gasteiger partial charge on any atom is -0.508 e. The fourth-order valence-corrected chi connectivity index (χ4v) is 6.47. The molecule has 0 bridgehead atoms. The van der Waals surface area contributed by atoms with Gasteiger partial charge in [-0.25, -0.2) is 9.59 Å². The second-order valence-electron chi connectivity index (χ2n) is 14.5. The molecule has 3 aliphatic rings. The SMILES string of the molecule is O=C(/C=C/c1ccc(O)cc1)OCC1(O)COC(OC2C(Oc3ccc(C=CC(=O)c4ccc(OC5OC(C(=O)O)C(O)C(O)C5O)cc4O)cc3)OC(CO)C(O)C2O)C1O. The maximum absolute atomic E-state index is 13.0. The van der Waals surface area contributed by atoms with Crippen LogP contribution in [0.1, 0.15) is 21.5 Å². The Balaban J connectivity index is 1.05. The minimum absolute atomic E-state index is 0.0339. The fourth-order valence-electron chi connectivity index (χ4n) is 6.47. The zero-order chi connectivity index (χ0) is 44.9. The number of carbonyl (C=O) groups excluding carboxylic acids is 2. The largest absolute Gasteiger partial charge is 0.508 e. The number of phenols is 2. The van der Waals surface area contributed by atoms with Crippen molar-refractivity contribution < 1.29 is 104 Å². The van der Waals surface area contributed by atoms with E-state index in [9.17, 15) is 70.6 Å². The average Bonchev–Trinajstić information content (AvgIpc) is 3.53. The molecule has 13 atom stereocenters. The Morgan fingerprint density at radius 1 is 0.726 bits per heavy atom. The normalized spacial score (nSPS) is 32.5. The van der Waals surface area contributed by atoms with Gasteiger partial charge in [0, 0.05) is 12.1 Å². The van der Waals surface area contributed by atoms with E-state index in [2.05, 4.69) is 0 Å². The van der Waals surface area contributed by atoms with Crippen molar-refractivity contribution in [3.8, 4) is 23.0 Å². The van der Waals surface area contributed by atoms with E-state index in [4.69, 9.17) is 33.2 Å². The number of aliphatic hydroxyl groups is 8. The average molecular weight is 873 g/mol. The zero-order valence-corrected chi connectivity index (χ0v) is 32.2. The third-order valence-corrected chi connectivity index (χ3v) is 10.1. The number of hydrogen-bond donors (Lipinski definition) is 11. The molecule has 3 heterocycles. The molecule has 21 nitrogen and oxygen atoms in total. The maximum atomic E-state index is 13.0. The number of ketones is 1. The van der Waals surface area contributed by atoms with Crippen LogP contribution in [0.25, 0.3) is 12.2 Å². The van der Waals surface area contributed by atoms with Crippen LogP contribution in [0, 0.1) is 0 Å². The van der Waals surface area contributed by atoms with Crippen molar-refractivity contribution in [3.63, 3.8) is 0 Å². The summed E-state index contributed by atoms with van der Waals surface area (Å²) >= 11 is 0. The molecule has 21 heteroatoms. The lowest BCUT2D eigenvalue weighted by molar-refractivity contribution is -0.318. The van der Waals surface area contributed by atoms with E-state index in [-0.39, 0.29) is 22.8 Å². The topological polar surface area (TPSA) is 338 Å². The number of benzene rings is 3. The first-order valence-electron chi connectivity index (χ1n) is 18.8. The van der Waals surface area contributed by atoms with Crippen LogP contribution >= 0.6 is 0 Å². The summed E-state index contributed by atoms with van der Waals surface area (Å²) in [7, 11) is 0. The van der Waals surface area contributed by atoms with Crippen molar-refractivity contribution in [2.75, 3.05) is 19.8 Å². The molecule has 334 valence electrons. The first-order valence-corrected chi connectivity index (χ1v) is 18.8. The predicted octanol–water partition coefficient (Wildman–Crippen LogP) is -1.83. The molecule has 3 aromatic rings. The second kappa shape index (κ2) is 19.7. The summed E-state index contributed by atoms with van der Waals surface area (Å²) in [6.45, 7) is -2.03. The number of aromatic hydroxyl groups is 2. The summed E-state index contributed by atoms with van der Waals surface area (Å²) in [6, 6.07) is 15.2. The Hall–Kier alpha value is -5.53. The lowest BCUT2D eigenvalue weighted by Gasteiger charge is -2.42. The monoisotopic (exact) mass is 872 g/mol. The summed E-state index contributed by atoms with van der Waals surface area (Å²) in [4.78, 5) is 36.6. The Labute approximate surface area is 351 Å². The van der Waals surface area contributed by atoms with Crippen molar-refractivity contribution in [3.05, 3.63) is 95.6 Å². The fraction of sp³-hybridized carbons (Fsp3) is 0.390. The Morgan fingerprint density at radius 2 is 1.35 bits per heavy atom. The second-order valence-corrected chi connectivity index (χ2v) is 14.5.